The van der Waals surface area contributed by atoms with E-state index in [4.69, 9.17) is 0 Å². The van der Waals surface area contributed by atoms with E-state index in [2.05, 4.69) is 45.0 Å². The number of hydrogen-bond acceptors (Lipinski definition) is 1. The van der Waals surface area contributed by atoms with Gasteiger partial charge in [0.1, 0.15) is 0 Å². The zero-order valence-corrected chi connectivity index (χ0v) is 11.2. The number of rotatable bonds is 1. The topological polar surface area (TPSA) is 20.2 Å². The summed E-state index contributed by atoms with van der Waals surface area (Å²) in [5.41, 5.74) is 2.89. The third-order valence-corrected chi connectivity index (χ3v) is 3.93. The van der Waals surface area contributed by atoms with Crippen molar-refractivity contribution in [2.75, 3.05) is 0 Å². The Morgan fingerprint density at radius 2 is 1.59 bits per heavy atom. The fourth-order valence-corrected chi connectivity index (χ4v) is 2.73. The van der Waals surface area contributed by atoms with Crippen molar-refractivity contribution >= 4 is 0 Å². The molecule has 1 fully saturated rings. The molecule has 0 saturated heterocycles. The van der Waals surface area contributed by atoms with Crippen molar-refractivity contribution in [2.45, 2.75) is 63.9 Å². The van der Waals surface area contributed by atoms with Crippen molar-refractivity contribution < 1.29 is 5.11 Å². The second kappa shape index (κ2) is 4.81. The second-order valence-electron chi connectivity index (χ2n) is 6.33. The highest BCUT2D eigenvalue weighted by Gasteiger charge is 2.24. The molecular weight excluding hydrogens is 208 g/mol. The molecule has 2 atom stereocenters. The Kier molecular flexibility index (Phi) is 3.58. The van der Waals surface area contributed by atoms with Gasteiger partial charge in [0.25, 0.3) is 0 Å². The standard InChI is InChI=1S/C16H24O/c1-16(2,3)13-10-8-12(9-11-13)14-6-4-5-7-15(14)17/h8-11,14-15,17H,4-7H2,1-3H3/t14-,15+/m0/s1. The lowest BCUT2D eigenvalue weighted by Crippen LogP contribution is -2.22. The summed E-state index contributed by atoms with van der Waals surface area (Å²) in [4.78, 5) is 0. The molecule has 0 spiro atoms. The summed E-state index contributed by atoms with van der Waals surface area (Å²) >= 11 is 0. The van der Waals surface area contributed by atoms with E-state index in [-0.39, 0.29) is 11.5 Å². The first kappa shape index (κ1) is 12.6. The van der Waals surface area contributed by atoms with Crippen LogP contribution in [0.2, 0.25) is 0 Å². The first-order valence-electron chi connectivity index (χ1n) is 6.77. The number of aliphatic hydroxyl groups excluding tert-OH is 1. The average molecular weight is 232 g/mol. The van der Waals surface area contributed by atoms with E-state index >= 15 is 0 Å². The van der Waals surface area contributed by atoms with E-state index in [0.717, 1.165) is 12.8 Å². The Bertz CT molecular complexity index is 358. The van der Waals surface area contributed by atoms with Crippen LogP contribution >= 0.6 is 0 Å². The summed E-state index contributed by atoms with van der Waals surface area (Å²) in [6, 6.07) is 8.85. The summed E-state index contributed by atoms with van der Waals surface area (Å²) in [5.74, 6) is 0.359. The van der Waals surface area contributed by atoms with Gasteiger partial charge in [-0.1, -0.05) is 57.9 Å². The smallest absolute Gasteiger partial charge is 0.0608 e. The van der Waals surface area contributed by atoms with E-state index in [1.54, 1.807) is 0 Å². The zero-order valence-electron chi connectivity index (χ0n) is 11.2. The molecule has 2 rings (SSSR count). The van der Waals surface area contributed by atoms with Gasteiger partial charge < -0.3 is 5.11 Å². The fraction of sp³-hybridized carbons (Fsp3) is 0.625. The van der Waals surface area contributed by atoms with Crippen molar-refractivity contribution in [3.63, 3.8) is 0 Å². The van der Waals surface area contributed by atoms with Gasteiger partial charge in [0.05, 0.1) is 6.10 Å². The zero-order chi connectivity index (χ0) is 12.5. The highest BCUT2D eigenvalue weighted by molar-refractivity contribution is 5.30. The molecule has 1 saturated carbocycles. The third kappa shape index (κ3) is 2.90. The molecule has 17 heavy (non-hydrogen) atoms. The molecular formula is C16H24O. The minimum absolute atomic E-state index is 0.135. The minimum atomic E-state index is -0.135. The van der Waals surface area contributed by atoms with Gasteiger partial charge in [-0.2, -0.15) is 0 Å². The fourth-order valence-electron chi connectivity index (χ4n) is 2.73. The number of aliphatic hydroxyl groups is 1. The SMILES string of the molecule is CC(C)(C)c1ccc([C@@H]2CCCC[C@H]2O)cc1. The predicted octanol–water partition coefficient (Wildman–Crippen LogP) is 4.00. The van der Waals surface area contributed by atoms with Gasteiger partial charge in [-0.3, -0.25) is 0 Å². The van der Waals surface area contributed by atoms with Crippen LogP contribution in [0.25, 0.3) is 0 Å². The molecule has 1 heteroatoms. The van der Waals surface area contributed by atoms with Gasteiger partial charge in [-0.15, -0.1) is 0 Å². The van der Waals surface area contributed by atoms with E-state index < -0.39 is 0 Å². The van der Waals surface area contributed by atoms with Crippen LogP contribution < -0.4 is 0 Å². The van der Waals surface area contributed by atoms with E-state index in [0.29, 0.717) is 5.92 Å². The molecule has 0 amide bonds. The monoisotopic (exact) mass is 232 g/mol. The molecule has 1 nitrogen and oxygen atoms in total. The van der Waals surface area contributed by atoms with Gasteiger partial charge in [0.15, 0.2) is 0 Å². The van der Waals surface area contributed by atoms with Crippen LogP contribution in [0.4, 0.5) is 0 Å². The second-order valence-corrected chi connectivity index (χ2v) is 6.33. The Morgan fingerprint density at radius 3 is 2.12 bits per heavy atom. The molecule has 0 radical (unpaired) electrons. The van der Waals surface area contributed by atoms with E-state index in [9.17, 15) is 5.11 Å². The molecule has 1 aromatic carbocycles. The minimum Gasteiger partial charge on any atom is -0.392 e. The van der Waals surface area contributed by atoms with E-state index in [1.165, 1.54) is 24.0 Å². The lowest BCUT2D eigenvalue weighted by Gasteiger charge is -2.28. The highest BCUT2D eigenvalue weighted by Crippen LogP contribution is 2.34. The number of hydrogen-bond donors (Lipinski definition) is 1. The molecule has 1 aliphatic carbocycles. The van der Waals surface area contributed by atoms with Crippen molar-refractivity contribution in [1.29, 1.82) is 0 Å². The maximum absolute atomic E-state index is 10.1. The summed E-state index contributed by atoms with van der Waals surface area (Å²) in [6.45, 7) is 6.70. The summed E-state index contributed by atoms with van der Waals surface area (Å²) < 4.78 is 0. The lowest BCUT2D eigenvalue weighted by molar-refractivity contribution is 0.106. The maximum Gasteiger partial charge on any atom is 0.0608 e. The Balaban J connectivity index is 2.17. The summed E-state index contributed by atoms with van der Waals surface area (Å²) in [6.07, 6.45) is 4.40. The maximum atomic E-state index is 10.1. The number of benzene rings is 1. The van der Waals surface area contributed by atoms with Crippen LogP contribution in [0.5, 0.6) is 0 Å². The predicted molar refractivity (Wildman–Crippen MR) is 72.4 cm³/mol. The van der Waals surface area contributed by atoms with Gasteiger partial charge in [0.2, 0.25) is 0 Å². The van der Waals surface area contributed by atoms with Gasteiger partial charge in [-0.25, -0.2) is 0 Å². The Hall–Kier alpha value is -0.820. The molecule has 0 unspecified atom stereocenters. The molecule has 1 aliphatic rings. The van der Waals surface area contributed by atoms with Gasteiger partial charge in [-0.05, 0) is 29.4 Å². The van der Waals surface area contributed by atoms with Crippen LogP contribution in [0.15, 0.2) is 24.3 Å². The normalized spacial score (nSPS) is 25.9. The lowest BCUT2D eigenvalue weighted by atomic mass is 9.80. The molecule has 1 aromatic rings. The van der Waals surface area contributed by atoms with Crippen LogP contribution in [0.1, 0.15) is 63.5 Å². The average Bonchev–Trinajstić information content (AvgIpc) is 2.29. The van der Waals surface area contributed by atoms with Crippen molar-refractivity contribution in [2.24, 2.45) is 0 Å². The quantitative estimate of drug-likeness (QED) is 0.776. The Morgan fingerprint density at radius 1 is 1.00 bits per heavy atom. The molecule has 1 N–H and O–H groups in total. The molecule has 0 aromatic heterocycles. The first-order valence-corrected chi connectivity index (χ1v) is 6.77. The largest absolute Gasteiger partial charge is 0.392 e. The molecule has 0 aliphatic heterocycles. The third-order valence-electron chi connectivity index (χ3n) is 3.93. The van der Waals surface area contributed by atoms with Crippen molar-refractivity contribution in [1.82, 2.24) is 0 Å². The first-order chi connectivity index (χ1) is 7.98. The Labute approximate surface area is 105 Å². The van der Waals surface area contributed by atoms with Crippen LogP contribution in [0, 0.1) is 0 Å². The van der Waals surface area contributed by atoms with Crippen molar-refractivity contribution in [3.8, 4) is 0 Å². The summed E-state index contributed by atoms with van der Waals surface area (Å²) in [5, 5.41) is 10.1. The highest BCUT2D eigenvalue weighted by atomic mass is 16.3. The van der Waals surface area contributed by atoms with Gasteiger partial charge >= 0.3 is 0 Å². The van der Waals surface area contributed by atoms with Crippen molar-refractivity contribution in [3.05, 3.63) is 35.4 Å². The van der Waals surface area contributed by atoms with E-state index in [1.807, 2.05) is 0 Å². The molecule has 94 valence electrons. The van der Waals surface area contributed by atoms with Crippen LogP contribution in [-0.4, -0.2) is 11.2 Å². The summed E-state index contributed by atoms with van der Waals surface area (Å²) in [7, 11) is 0. The molecule has 0 heterocycles. The molecule has 0 bridgehead atoms. The van der Waals surface area contributed by atoms with Crippen LogP contribution in [0.3, 0.4) is 0 Å². The van der Waals surface area contributed by atoms with Crippen LogP contribution in [-0.2, 0) is 5.41 Å². The van der Waals surface area contributed by atoms with Gasteiger partial charge in [0, 0.05) is 5.92 Å².